The first-order valence-electron chi connectivity index (χ1n) is 13.3. The summed E-state index contributed by atoms with van der Waals surface area (Å²) in [6, 6.07) is 12.5. The van der Waals surface area contributed by atoms with Gasteiger partial charge < -0.3 is 26.1 Å². The minimum absolute atomic E-state index is 0.0814. The van der Waals surface area contributed by atoms with Crippen molar-refractivity contribution in [3.63, 3.8) is 0 Å². The van der Waals surface area contributed by atoms with Gasteiger partial charge in [0, 0.05) is 24.6 Å². The summed E-state index contributed by atoms with van der Waals surface area (Å²) in [5.74, 6) is -0.421. The van der Waals surface area contributed by atoms with Crippen molar-refractivity contribution in [1.29, 1.82) is 5.26 Å². The summed E-state index contributed by atoms with van der Waals surface area (Å²) < 4.78 is 6.09. The van der Waals surface area contributed by atoms with Crippen molar-refractivity contribution >= 4 is 17.7 Å². The summed E-state index contributed by atoms with van der Waals surface area (Å²) in [6.45, 7) is 2.77. The number of likely N-dealkylation sites (tertiary alicyclic amines) is 1. The molecule has 2 aliphatic rings. The van der Waals surface area contributed by atoms with E-state index in [0.29, 0.717) is 61.7 Å². The van der Waals surface area contributed by atoms with Crippen LogP contribution < -0.4 is 16.8 Å². The number of fused-ring (bicyclic) bond motifs is 2. The molecule has 2 heterocycles. The fourth-order valence-electron chi connectivity index (χ4n) is 6.00. The molecule has 11 nitrogen and oxygen atoms in total. The van der Waals surface area contributed by atoms with E-state index in [1.54, 1.807) is 36.1 Å². The predicted octanol–water partition coefficient (Wildman–Crippen LogP) is 1.50. The second kappa shape index (κ2) is 10.9. The Kier molecular flexibility index (Phi) is 7.36. The second-order valence-corrected chi connectivity index (χ2v) is 10.3. The summed E-state index contributed by atoms with van der Waals surface area (Å²) in [4.78, 5) is 38.6. The van der Waals surface area contributed by atoms with Crippen LogP contribution in [0, 0.1) is 18.3 Å². The third-order valence-electron chi connectivity index (χ3n) is 7.93. The lowest BCUT2D eigenvalue weighted by Crippen LogP contribution is -2.42. The molecule has 1 atom stereocenters. The number of hydrogen-bond donors (Lipinski definition) is 3. The van der Waals surface area contributed by atoms with Crippen LogP contribution in [0.25, 0.3) is 0 Å². The molecule has 1 fully saturated rings. The molecule has 3 aromatic rings. The van der Waals surface area contributed by atoms with Gasteiger partial charge in [0.25, 0.3) is 0 Å². The Hall–Kier alpha value is -4.56. The highest BCUT2D eigenvalue weighted by Gasteiger charge is 2.45. The molecular formula is C29H31N7O4. The number of aryl methyl sites for hydroxylation is 3. The number of amides is 3. The van der Waals surface area contributed by atoms with Gasteiger partial charge in [-0.2, -0.15) is 5.26 Å². The third kappa shape index (κ3) is 4.82. The topological polar surface area (TPSA) is 181 Å². The van der Waals surface area contributed by atoms with E-state index >= 15 is 0 Å². The standard InChI is InChI=1S/C29H31N7O4/c1-17-34-35-28(40-17)29(10-11-33-16-25(37)36-12-2-3-22(36)15-30)23-8-6-20(26(31)38)13-18(23)4-5-19-14-21(27(32)39)7-9-24(19)29/h6-9,13-14,22,33H,2-5,10-12,16H2,1H3,(H2,31,38)(H2,32,39)/t22-/m0/s1. The molecule has 3 amide bonds. The summed E-state index contributed by atoms with van der Waals surface area (Å²) in [6.07, 6.45) is 3.09. The molecule has 5 N–H and O–H groups in total. The highest BCUT2D eigenvalue weighted by atomic mass is 16.4. The van der Waals surface area contributed by atoms with Crippen LogP contribution in [-0.2, 0) is 23.1 Å². The number of hydrogen-bond acceptors (Lipinski definition) is 8. The number of primary amides is 2. The van der Waals surface area contributed by atoms with Crippen molar-refractivity contribution < 1.29 is 18.8 Å². The molecule has 1 aromatic heterocycles. The van der Waals surface area contributed by atoms with Crippen LogP contribution in [0.1, 0.15) is 74.0 Å². The van der Waals surface area contributed by atoms with Gasteiger partial charge in [0.2, 0.25) is 29.5 Å². The number of nitrogens with zero attached hydrogens (tertiary/aromatic N) is 4. The third-order valence-corrected chi connectivity index (χ3v) is 7.93. The van der Waals surface area contributed by atoms with Gasteiger partial charge in [-0.25, -0.2) is 0 Å². The highest BCUT2D eigenvalue weighted by Crippen LogP contribution is 2.47. The van der Waals surface area contributed by atoms with Crippen LogP contribution in [0.5, 0.6) is 0 Å². The fourth-order valence-corrected chi connectivity index (χ4v) is 6.00. The van der Waals surface area contributed by atoms with Crippen LogP contribution in [0.2, 0.25) is 0 Å². The molecule has 11 heteroatoms. The van der Waals surface area contributed by atoms with Crippen molar-refractivity contribution in [3.05, 3.63) is 81.6 Å². The quantitative estimate of drug-likeness (QED) is 0.359. The summed E-state index contributed by atoms with van der Waals surface area (Å²) in [7, 11) is 0. The lowest BCUT2D eigenvalue weighted by Gasteiger charge is -2.34. The largest absolute Gasteiger partial charge is 0.424 e. The first-order chi connectivity index (χ1) is 19.2. The predicted molar refractivity (Wildman–Crippen MR) is 144 cm³/mol. The van der Waals surface area contributed by atoms with Crippen LogP contribution in [0.3, 0.4) is 0 Å². The molecular weight excluding hydrogens is 510 g/mol. The van der Waals surface area contributed by atoms with E-state index in [1.807, 2.05) is 12.1 Å². The van der Waals surface area contributed by atoms with Gasteiger partial charge in [-0.1, -0.05) is 12.1 Å². The number of nitriles is 1. The lowest BCUT2D eigenvalue weighted by atomic mass is 9.69. The van der Waals surface area contributed by atoms with Crippen LogP contribution >= 0.6 is 0 Å². The SMILES string of the molecule is Cc1nnc(C2(CCNCC(=O)N3CCC[C@H]3C#N)c3ccc(C(N)=O)cc3CCc3cc(C(N)=O)ccc32)o1. The maximum Gasteiger partial charge on any atom is 0.248 e. The Balaban J connectivity index is 1.57. The van der Waals surface area contributed by atoms with Gasteiger partial charge in [-0.05, 0) is 85.2 Å². The van der Waals surface area contributed by atoms with Gasteiger partial charge in [0.05, 0.1) is 12.6 Å². The van der Waals surface area contributed by atoms with Crippen LogP contribution in [0.15, 0.2) is 40.8 Å². The maximum absolute atomic E-state index is 12.9. The van der Waals surface area contributed by atoms with E-state index < -0.39 is 17.2 Å². The number of rotatable bonds is 8. The van der Waals surface area contributed by atoms with E-state index in [4.69, 9.17) is 15.9 Å². The molecule has 0 bridgehead atoms. The van der Waals surface area contributed by atoms with E-state index in [-0.39, 0.29) is 18.5 Å². The highest BCUT2D eigenvalue weighted by molar-refractivity contribution is 5.94. The number of nitrogens with one attached hydrogen (secondary N) is 1. The number of nitrogens with two attached hydrogens (primary N) is 2. The Bertz CT molecular complexity index is 1460. The Morgan fingerprint density at radius 2 is 1.70 bits per heavy atom. The molecule has 0 saturated carbocycles. The Morgan fingerprint density at radius 3 is 2.23 bits per heavy atom. The number of aromatic nitrogens is 2. The molecule has 0 unspecified atom stereocenters. The average molecular weight is 542 g/mol. The average Bonchev–Trinajstić information content (AvgIpc) is 3.58. The van der Waals surface area contributed by atoms with Crippen molar-refractivity contribution in [1.82, 2.24) is 20.4 Å². The zero-order valence-corrected chi connectivity index (χ0v) is 22.3. The molecule has 2 aromatic carbocycles. The van der Waals surface area contributed by atoms with Gasteiger partial charge in [0.15, 0.2) is 0 Å². The van der Waals surface area contributed by atoms with Gasteiger partial charge in [0.1, 0.15) is 11.5 Å². The molecule has 0 spiro atoms. The lowest BCUT2D eigenvalue weighted by molar-refractivity contribution is -0.130. The van der Waals surface area contributed by atoms with E-state index in [2.05, 4.69) is 21.6 Å². The van der Waals surface area contributed by atoms with Gasteiger partial charge in [-0.3, -0.25) is 14.4 Å². The minimum atomic E-state index is -0.951. The maximum atomic E-state index is 12.9. The van der Waals surface area contributed by atoms with Crippen LogP contribution in [-0.4, -0.2) is 58.5 Å². The Labute approximate surface area is 231 Å². The number of benzene rings is 2. The van der Waals surface area contributed by atoms with E-state index in [9.17, 15) is 19.6 Å². The first-order valence-corrected chi connectivity index (χ1v) is 13.3. The smallest absolute Gasteiger partial charge is 0.248 e. The summed E-state index contributed by atoms with van der Waals surface area (Å²) >= 11 is 0. The van der Waals surface area contributed by atoms with Gasteiger partial charge >= 0.3 is 0 Å². The molecule has 1 saturated heterocycles. The molecule has 206 valence electrons. The first kappa shape index (κ1) is 27.0. The molecule has 5 rings (SSSR count). The number of carbonyl (C=O) groups excluding carboxylic acids is 3. The van der Waals surface area contributed by atoms with Crippen molar-refractivity contribution in [2.45, 2.75) is 50.5 Å². The number of carbonyl (C=O) groups is 3. The summed E-state index contributed by atoms with van der Waals surface area (Å²) in [5, 5.41) is 21.2. The second-order valence-electron chi connectivity index (χ2n) is 10.3. The fraction of sp³-hybridized carbons (Fsp3) is 0.379. The zero-order valence-electron chi connectivity index (χ0n) is 22.3. The van der Waals surface area contributed by atoms with E-state index in [1.165, 1.54) is 0 Å². The molecule has 0 radical (unpaired) electrons. The van der Waals surface area contributed by atoms with Crippen molar-refractivity contribution in [2.75, 3.05) is 19.6 Å². The van der Waals surface area contributed by atoms with E-state index in [0.717, 1.165) is 28.7 Å². The van der Waals surface area contributed by atoms with Crippen LogP contribution in [0.4, 0.5) is 0 Å². The van der Waals surface area contributed by atoms with Crippen molar-refractivity contribution in [3.8, 4) is 6.07 Å². The zero-order chi connectivity index (χ0) is 28.4. The van der Waals surface area contributed by atoms with Crippen molar-refractivity contribution in [2.24, 2.45) is 11.5 Å². The normalized spacial score (nSPS) is 17.4. The molecule has 1 aliphatic heterocycles. The molecule has 40 heavy (non-hydrogen) atoms. The summed E-state index contributed by atoms with van der Waals surface area (Å²) in [5.41, 5.74) is 14.6. The molecule has 1 aliphatic carbocycles. The Morgan fingerprint density at radius 1 is 1.07 bits per heavy atom. The van der Waals surface area contributed by atoms with Gasteiger partial charge in [-0.15, -0.1) is 10.2 Å². The minimum Gasteiger partial charge on any atom is -0.424 e. The monoisotopic (exact) mass is 541 g/mol.